The third-order valence-electron chi connectivity index (χ3n) is 5.50. The lowest BCUT2D eigenvalue weighted by Crippen LogP contribution is -2.16. The molecular formula is C27H27NO5. The highest BCUT2D eigenvalue weighted by molar-refractivity contribution is 6.11. The van der Waals surface area contributed by atoms with E-state index in [1.54, 1.807) is 25.3 Å². The minimum absolute atomic E-state index is 0.135. The smallest absolute Gasteiger partial charge is 0.163 e. The number of ketones is 2. The van der Waals surface area contributed by atoms with Crippen molar-refractivity contribution in [3.63, 3.8) is 0 Å². The third kappa shape index (κ3) is 6.20. The molecule has 0 bridgehead atoms. The van der Waals surface area contributed by atoms with Gasteiger partial charge in [-0.3, -0.25) is 9.59 Å². The van der Waals surface area contributed by atoms with E-state index in [2.05, 4.69) is 4.98 Å². The molecule has 4 rings (SSSR count). The van der Waals surface area contributed by atoms with Crippen molar-refractivity contribution >= 4 is 34.6 Å². The average Bonchev–Trinajstić information content (AvgIpc) is 3.52. The Balaban J connectivity index is 1.31. The van der Waals surface area contributed by atoms with Gasteiger partial charge in [-0.05, 0) is 66.3 Å². The average molecular weight is 446 g/mol. The molecule has 1 unspecified atom stereocenters. The van der Waals surface area contributed by atoms with E-state index in [-0.39, 0.29) is 24.1 Å². The van der Waals surface area contributed by atoms with Gasteiger partial charge in [0.2, 0.25) is 0 Å². The van der Waals surface area contributed by atoms with Gasteiger partial charge >= 0.3 is 0 Å². The Labute approximate surface area is 192 Å². The first kappa shape index (κ1) is 22.6. The number of rotatable bonds is 10. The number of aromatic nitrogens is 1. The van der Waals surface area contributed by atoms with Gasteiger partial charge in [-0.25, -0.2) is 0 Å². The van der Waals surface area contributed by atoms with Gasteiger partial charge < -0.3 is 19.2 Å². The lowest BCUT2D eigenvalue weighted by Gasteiger charge is -2.13. The largest absolute Gasteiger partial charge is 0.496 e. The number of nitrogens with one attached hydrogen (secondary N) is 1. The second kappa shape index (κ2) is 10.8. The highest BCUT2D eigenvalue weighted by Gasteiger charge is 2.16. The van der Waals surface area contributed by atoms with Crippen molar-refractivity contribution in [1.82, 2.24) is 4.98 Å². The fraction of sp³-hybridized carbons (Fsp3) is 0.259. The van der Waals surface area contributed by atoms with E-state index >= 15 is 0 Å². The number of benzene rings is 2. The molecule has 1 aliphatic rings. The van der Waals surface area contributed by atoms with Crippen LogP contribution in [0.25, 0.3) is 23.1 Å². The van der Waals surface area contributed by atoms with Crippen LogP contribution in [0.4, 0.5) is 0 Å². The molecule has 3 aromatic rings. The number of carbonyl (C=O) groups excluding carboxylic acids is 2. The van der Waals surface area contributed by atoms with E-state index in [9.17, 15) is 9.59 Å². The molecule has 1 aliphatic heterocycles. The monoisotopic (exact) mass is 445 g/mol. The predicted molar refractivity (Wildman–Crippen MR) is 128 cm³/mol. The quantitative estimate of drug-likeness (QED) is 0.351. The first-order chi connectivity index (χ1) is 16.1. The zero-order chi connectivity index (χ0) is 23.0. The maximum absolute atomic E-state index is 12.3. The van der Waals surface area contributed by atoms with Crippen LogP contribution in [0.3, 0.4) is 0 Å². The van der Waals surface area contributed by atoms with Crippen molar-refractivity contribution in [2.75, 3.05) is 20.3 Å². The summed E-state index contributed by atoms with van der Waals surface area (Å²) in [5.41, 5.74) is 2.63. The van der Waals surface area contributed by atoms with E-state index in [0.29, 0.717) is 18.1 Å². The summed E-state index contributed by atoms with van der Waals surface area (Å²) >= 11 is 0. The summed E-state index contributed by atoms with van der Waals surface area (Å²) in [5, 5.41) is 1.11. The van der Waals surface area contributed by atoms with Crippen LogP contribution in [0.2, 0.25) is 0 Å². The minimum Gasteiger partial charge on any atom is -0.496 e. The van der Waals surface area contributed by atoms with Crippen molar-refractivity contribution in [2.24, 2.45) is 0 Å². The summed E-state index contributed by atoms with van der Waals surface area (Å²) in [6.07, 6.45) is 10.1. The van der Waals surface area contributed by atoms with Gasteiger partial charge in [0.15, 0.2) is 11.6 Å². The Morgan fingerprint density at radius 2 is 1.94 bits per heavy atom. The van der Waals surface area contributed by atoms with E-state index in [1.165, 1.54) is 12.2 Å². The van der Waals surface area contributed by atoms with Gasteiger partial charge in [-0.15, -0.1) is 0 Å². The number of fused-ring (bicyclic) bond motifs is 1. The molecule has 0 amide bonds. The Morgan fingerprint density at radius 1 is 1.09 bits per heavy atom. The topological polar surface area (TPSA) is 77.6 Å². The summed E-state index contributed by atoms with van der Waals surface area (Å²) in [6, 6.07) is 13.3. The van der Waals surface area contributed by atoms with Crippen LogP contribution in [-0.4, -0.2) is 43.0 Å². The summed E-state index contributed by atoms with van der Waals surface area (Å²) in [4.78, 5) is 27.6. The number of allylic oxidation sites excluding steroid dienone is 2. The summed E-state index contributed by atoms with van der Waals surface area (Å²) in [6.45, 7) is 1.29. The van der Waals surface area contributed by atoms with Gasteiger partial charge in [-0.1, -0.05) is 18.2 Å². The van der Waals surface area contributed by atoms with Crippen LogP contribution in [0.15, 0.2) is 60.8 Å². The molecule has 170 valence electrons. The van der Waals surface area contributed by atoms with Gasteiger partial charge in [0.05, 0.1) is 19.6 Å². The lowest BCUT2D eigenvalue weighted by molar-refractivity contribution is -0.121. The zero-order valence-corrected chi connectivity index (χ0v) is 18.6. The Kier molecular flexibility index (Phi) is 7.37. The van der Waals surface area contributed by atoms with Gasteiger partial charge in [0.1, 0.15) is 18.1 Å². The molecule has 1 atom stereocenters. The van der Waals surface area contributed by atoms with Crippen molar-refractivity contribution in [3.05, 3.63) is 71.9 Å². The van der Waals surface area contributed by atoms with E-state index in [4.69, 9.17) is 14.2 Å². The SMILES string of the molecule is COc1cc(OCC2CCCO2)ccc1C=CC(=O)CC(=O)C=Cc1ccc2cc[nH]c2c1. The standard InChI is InChI=1S/C27H27NO5/c1-31-27-17-24(33-18-25-3-2-14-32-25)11-8-21(27)7-10-23(30)16-22(29)9-5-19-4-6-20-12-13-28-26(20)15-19/h4-13,15,17,25,28H,2-3,14,16,18H2,1H3. The normalized spacial score (nSPS) is 16.1. The van der Waals surface area contributed by atoms with Crippen LogP contribution in [0.5, 0.6) is 11.5 Å². The highest BCUT2D eigenvalue weighted by atomic mass is 16.5. The van der Waals surface area contributed by atoms with Crippen LogP contribution >= 0.6 is 0 Å². The Morgan fingerprint density at radius 3 is 2.73 bits per heavy atom. The zero-order valence-electron chi connectivity index (χ0n) is 18.6. The molecule has 33 heavy (non-hydrogen) atoms. The number of aromatic amines is 1. The van der Waals surface area contributed by atoms with Gasteiger partial charge in [-0.2, -0.15) is 0 Å². The number of ether oxygens (including phenoxy) is 3. The number of carbonyl (C=O) groups is 2. The van der Waals surface area contributed by atoms with Crippen LogP contribution in [0, 0.1) is 0 Å². The number of hydrogen-bond acceptors (Lipinski definition) is 5. The molecule has 1 N–H and O–H groups in total. The Hall–Kier alpha value is -3.64. The van der Waals surface area contributed by atoms with Crippen molar-refractivity contribution in [2.45, 2.75) is 25.4 Å². The lowest BCUT2D eigenvalue weighted by atomic mass is 10.1. The van der Waals surface area contributed by atoms with Gasteiger partial charge in [0.25, 0.3) is 0 Å². The first-order valence-electron chi connectivity index (χ1n) is 11.0. The van der Waals surface area contributed by atoms with Gasteiger partial charge in [0, 0.05) is 30.0 Å². The van der Waals surface area contributed by atoms with E-state index in [0.717, 1.165) is 41.5 Å². The molecule has 2 aromatic carbocycles. The minimum atomic E-state index is -0.273. The maximum atomic E-state index is 12.3. The molecule has 1 saturated heterocycles. The molecule has 1 fully saturated rings. The summed E-state index contributed by atoms with van der Waals surface area (Å²) in [7, 11) is 1.57. The second-order valence-corrected chi connectivity index (χ2v) is 7.95. The third-order valence-corrected chi connectivity index (χ3v) is 5.50. The molecule has 0 radical (unpaired) electrons. The molecule has 0 saturated carbocycles. The van der Waals surface area contributed by atoms with Crippen LogP contribution in [0.1, 0.15) is 30.4 Å². The molecule has 0 aliphatic carbocycles. The summed E-state index contributed by atoms with van der Waals surface area (Å²) < 4.78 is 16.8. The summed E-state index contributed by atoms with van der Waals surface area (Å²) in [5.74, 6) is 0.754. The van der Waals surface area contributed by atoms with Crippen molar-refractivity contribution < 1.29 is 23.8 Å². The number of methoxy groups -OCH3 is 1. The predicted octanol–water partition coefficient (Wildman–Crippen LogP) is 4.99. The van der Waals surface area contributed by atoms with E-state index < -0.39 is 0 Å². The maximum Gasteiger partial charge on any atom is 0.163 e. The second-order valence-electron chi connectivity index (χ2n) is 7.95. The van der Waals surface area contributed by atoms with Crippen molar-refractivity contribution in [3.8, 4) is 11.5 Å². The first-order valence-corrected chi connectivity index (χ1v) is 11.0. The van der Waals surface area contributed by atoms with Crippen molar-refractivity contribution in [1.29, 1.82) is 0 Å². The van der Waals surface area contributed by atoms with E-state index in [1.807, 2.05) is 42.6 Å². The molecule has 2 heterocycles. The van der Waals surface area contributed by atoms with Crippen LogP contribution < -0.4 is 9.47 Å². The number of hydrogen-bond donors (Lipinski definition) is 1. The fourth-order valence-electron chi connectivity index (χ4n) is 3.71. The molecule has 6 heteroatoms. The van der Waals surface area contributed by atoms with Crippen LogP contribution in [-0.2, 0) is 14.3 Å². The molecule has 6 nitrogen and oxygen atoms in total. The molecule has 0 spiro atoms. The Bertz CT molecular complexity index is 1180. The highest BCUT2D eigenvalue weighted by Crippen LogP contribution is 2.26. The molecule has 1 aromatic heterocycles. The fourth-order valence-corrected chi connectivity index (χ4v) is 3.71. The molecular weight excluding hydrogens is 418 g/mol. The number of H-pyrrole nitrogens is 1.